The van der Waals surface area contributed by atoms with E-state index < -0.39 is 0 Å². The quantitative estimate of drug-likeness (QED) is 0.556. The highest BCUT2D eigenvalue weighted by Crippen LogP contribution is 2.48. The smallest absolute Gasteiger partial charge is 0.126 e. The minimum atomic E-state index is 0.702. The van der Waals surface area contributed by atoms with Crippen LogP contribution >= 0.6 is 0 Å². The minimum Gasteiger partial charge on any atom is -0.496 e. The van der Waals surface area contributed by atoms with Gasteiger partial charge in [0.15, 0.2) is 0 Å². The Morgan fingerprint density at radius 3 is 2.21 bits per heavy atom. The lowest BCUT2D eigenvalue weighted by Crippen LogP contribution is -1.97. The topological polar surface area (TPSA) is 9.23 Å². The maximum Gasteiger partial charge on any atom is 0.126 e. The fraction of sp³-hybridized carbons (Fsp3) is 0.217. The third-order valence-electron chi connectivity index (χ3n) is 4.98. The zero-order chi connectivity index (χ0) is 16.5. The van der Waals surface area contributed by atoms with E-state index in [1.807, 2.05) is 6.07 Å². The fourth-order valence-electron chi connectivity index (χ4n) is 3.61. The van der Waals surface area contributed by atoms with Gasteiger partial charge in [-0.25, -0.2) is 0 Å². The molecule has 0 amide bonds. The monoisotopic (exact) mass is 314 g/mol. The van der Waals surface area contributed by atoms with E-state index in [0.717, 1.165) is 5.75 Å². The molecule has 0 spiro atoms. The Labute approximate surface area is 143 Å². The summed E-state index contributed by atoms with van der Waals surface area (Å²) in [6.07, 6.45) is 2.60. The second-order valence-corrected chi connectivity index (χ2v) is 6.54. The van der Waals surface area contributed by atoms with Crippen LogP contribution in [0.2, 0.25) is 0 Å². The van der Waals surface area contributed by atoms with E-state index in [-0.39, 0.29) is 0 Å². The first-order chi connectivity index (χ1) is 11.8. The molecule has 0 aromatic heterocycles. The van der Waals surface area contributed by atoms with Gasteiger partial charge in [0.2, 0.25) is 0 Å². The van der Waals surface area contributed by atoms with E-state index in [4.69, 9.17) is 4.74 Å². The maximum absolute atomic E-state index is 5.66. The largest absolute Gasteiger partial charge is 0.496 e. The third kappa shape index (κ3) is 2.60. The molecule has 4 rings (SSSR count). The molecule has 0 radical (unpaired) electrons. The van der Waals surface area contributed by atoms with Gasteiger partial charge >= 0.3 is 0 Å². The molecular weight excluding hydrogens is 292 g/mol. The maximum atomic E-state index is 5.66. The van der Waals surface area contributed by atoms with Gasteiger partial charge in [0.05, 0.1) is 7.11 Å². The third-order valence-corrected chi connectivity index (χ3v) is 4.98. The normalized spacial score (nSPS) is 13.8. The van der Waals surface area contributed by atoms with Crippen molar-refractivity contribution in [3.63, 3.8) is 0 Å². The summed E-state index contributed by atoms with van der Waals surface area (Å²) >= 11 is 0. The lowest BCUT2D eigenvalue weighted by atomic mass is 9.87. The molecule has 1 nitrogen and oxygen atoms in total. The highest BCUT2D eigenvalue weighted by molar-refractivity contribution is 5.84. The van der Waals surface area contributed by atoms with Crippen LogP contribution in [0.4, 0.5) is 0 Å². The molecule has 0 saturated heterocycles. The number of benzene rings is 3. The van der Waals surface area contributed by atoms with Crippen LogP contribution in [-0.4, -0.2) is 7.11 Å². The van der Waals surface area contributed by atoms with Crippen LogP contribution in [0.25, 0.3) is 22.3 Å². The van der Waals surface area contributed by atoms with Crippen molar-refractivity contribution in [3.8, 4) is 28.0 Å². The first kappa shape index (κ1) is 15.0. The molecule has 3 aromatic rings. The molecule has 0 unspecified atom stereocenters. The number of hydrogen-bond donors (Lipinski definition) is 0. The van der Waals surface area contributed by atoms with Gasteiger partial charge in [0, 0.05) is 5.56 Å². The Kier molecular flexibility index (Phi) is 3.86. The van der Waals surface area contributed by atoms with Crippen LogP contribution in [0.5, 0.6) is 5.75 Å². The van der Waals surface area contributed by atoms with Gasteiger partial charge < -0.3 is 4.74 Å². The Bertz CT molecular complexity index is 860. The van der Waals surface area contributed by atoms with E-state index in [0.29, 0.717) is 5.92 Å². The highest BCUT2D eigenvalue weighted by Gasteiger charge is 2.28. The standard InChI is InChI=1S/C23H22O/c1-16-19(17-8-4-3-5-9-17)14-15-20(18-12-13-18)23(16)21-10-6-7-11-22(21)24-2/h3-11,14-15,18H,12-13H2,1-2H3. The number of para-hydroxylation sites is 1. The predicted molar refractivity (Wildman–Crippen MR) is 101 cm³/mol. The summed E-state index contributed by atoms with van der Waals surface area (Å²) in [5, 5.41) is 0. The molecule has 0 aliphatic heterocycles. The summed E-state index contributed by atoms with van der Waals surface area (Å²) in [5.74, 6) is 1.65. The summed E-state index contributed by atoms with van der Waals surface area (Å²) in [4.78, 5) is 0. The molecule has 0 bridgehead atoms. The Morgan fingerprint density at radius 2 is 1.50 bits per heavy atom. The van der Waals surface area contributed by atoms with Gasteiger partial charge in [-0.2, -0.15) is 0 Å². The number of ether oxygens (including phenoxy) is 1. The van der Waals surface area contributed by atoms with Crippen LogP contribution in [0.15, 0.2) is 66.7 Å². The van der Waals surface area contributed by atoms with Gasteiger partial charge in [-0.1, -0.05) is 60.7 Å². The molecule has 24 heavy (non-hydrogen) atoms. The van der Waals surface area contributed by atoms with E-state index in [1.165, 1.54) is 46.2 Å². The molecule has 0 atom stereocenters. The lowest BCUT2D eigenvalue weighted by Gasteiger charge is -2.19. The Balaban J connectivity index is 1.97. The van der Waals surface area contributed by atoms with Crippen LogP contribution in [0.1, 0.15) is 29.9 Å². The van der Waals surface area contributed by atoms with E-state index in [2.05, 4.69) is 67.6 Å². The Morgan fingerprint density at radius 1 is 0.792 bits per heavy atom. The summed E-state index contributed by atoms with van der Waals surface area (Å²) < 4.78 is 5.66. The molecule has 1 aliphatic rings. The summed E-state index contributed by atoms with van der Waals surface area (Å²) in [5.41, 5.74) is 7.95. The van der Waals surface area contributed by atoms with E-state index in [1.54, 1.807) is 7.11 Å². The summed E-state index contributed by atoms with van der Waals surface area (Å²) in [6.45, 7) is 2.25. The molecule has 1 fully saturated rings. The lowest BCUT2D eigenvalue weighted by molar-refractivity contribution is 0.416. The van der Waals surface area contributed by atoms with Crippen LogP contribution < -0.4 is 4.74 Å². The molecule has 0 N–H and O–H groups in total. The minimum absolute atomic E-state index is 0.702. The summed E-state index contributed by atoms with van der Waals surface area (Å²) in [7, 11) is 1.76. The zero-order valence-corrected chi connectivity index (χ0v) is 14.3. The number of rotatable bonds is 4. The molecule has 120 valence electrons. The van der Waals surface area contributed by atoms with Crippen molar-refractivity contribution in [2.75, 3.05) is 7.11 Å². The van der Waals surface area contributed by atoms with E-state index >= 15 is 0 Å². The first-order valence-corrected chi connectivity index (χ1v) is 8.62. The van der Waals surface area contributed by atoms with Crippen molar-refractivity contribution >= 4 is 0 Å². The number of methoxy groups -OCH3 is 1. The average Bonchev–Trinajstić information content (AvgIpc) is 3.47. The second-order valence-electron chi connectivity index (χ2n) is 6.54. The van der Waals surface area contributed by atoms with Gasteiger partial charge in [0.25, 0.3) is 0 Å². The van der Waals surface area contributed by atoms with Gasteiger partial charge in [-0.15, -0.1) is 0 Å². The zero-order valence-electron chi connectivity index (χ0n) is 14.3. The van der Waals surface area contributed by atoms with Crippen molar-refractivity contribution < 1.29 is 4.74 Å². The van der Waals surface area contributed by atoms with Crippen LogP contribution in [0.3, 0.4) is 0 Å². The molecule has 0 heterocycles. The fourth-order valence-corrected chi connectivity index (χ4v) is 3.61. The molecule has 1 aliphatic carbocycles. The van der Waals surface area contributed by atoms with Crippen molar-refractivity contribution in [1.29, 1.82) is 0 Å². The molecule has 1 saturated carbocycles. The van der Waals surface area contributed by atoms with Crippen molar-refractivity contribution in [2.45, 2.75) is 25.7 Å². The highest BCUT2D eigenvalue weighted by atomic mass is 16.5. The molecular formula is C23H22O. The average molecular weight is 314 g/mol. The van der Waals surface area contributed by atoms with Crippen molar-refractivity contribution in [3.05, 3.63) is 77.9 Å². The predicted octanol–water partition coefficient (Wildman–Crippen LogP) is 6.22. The SMILES string of the molecule is COc1ccccc1-c1c(C2CC2)ccc(-c2ccccc2)c1C. The molecule has 3 aromatic carbocycles. The van der Waals surface area contributed by atoms with Gasteiger partial charge in [-0.3, -0.25) is 0 Å². The second kappa shape index (κ2) is 6.16. The summed E-state index contributed by atoms with van der Waals surface area (Å²) in [6, 6.07) is 23.6. The van der Waals surface area contributed by atoms with Crippen molar-refractivity contribution in [1.82, 2.24) is 0 Å². The Hall–Kier alpha value is -2.54. The van der Waals surface area contributed by atoms with Crippen LogP contribution in [0, 0.1) is 6.92 Å². The molecule has 1 heteroatoms. The van der Waals surface area contributed by atoms with Gasteiger partial charge in [-0.05, 0) is 59.6 Å². The van der Waals surface area contributed by atoms with Gasteiger partial charge in [0.1, 0.15) is 5.75 Å². The van der Waals surface area contributed by atoms with E-state index in [9.17, 15) is 0 Å². The van der Waals surface area contributed by atoms with Crippen LogP contribution in [-0.2, 0) is 0 Å². The number of hydrogen-bond acceptors (Lipinski definition) is 1. The first-order valence-electron chi connectivity index (χ1n) is 8.62. The van der Waals surface area contributed by atoms with Crippen molar-refractivity contribution in [2.24, 2.45) is 0 Å².